The SMILES string of the molecule is Cc1cc(C)n(-c2nnc(SCC(=O)NN3C(=O)NC4(CCCCC4)C3=O)n2N)n1. The minimum Gasteiger partial charge on any atom is -0.334 e. The summed E-state index contributed by atoms with van der Waals surface area (Å²) in [5, 5.41) is 16.2. The Balaban J connectivity index is 1.38. The Hall–Kier alpha value is -3.09. The molecule has 30 heavy (non-hydrogen) atoms. The van der Waals surface area contributed by atoms with Crippen molar-refractivity contribution < 1.29 is 14.4 Å². The van der Waals surface area contributed by atoms with Crippen molar-refractivity contribution in [1.29, 1.82) is 0 Å². The molecule has 13 heteroatoms. The standard InChI is InChI=1S/C17H23N9O3S/c1-10-8-11(2)25(22-10)14-20-21-16(24(14)18)30-9-12(27)23-26-13(28)17(19-15(26)29)6-4-3-5-7-17/h8H,3-7,9,18H2,1-2H3,(H,19,29)(H,23,27). The monoisotopic (exact) mass is 433 g/mol. The van der Waals surface area contributed by atoms with Crippen molar-refractivity contribution in [1.82, 2.24) is 40.4 Å². The van der Waals surface area contributed by atoms with Crippen molar-refractivity contribution >= 4 is 29.6 Å². The molecule has 1 spiro atoms. The van der Waals surface area contributed by atoms with Crippen LogP contribution < -0.4 is 16.6 Å². The number of amides is 4. The molecule has 1 aliphatic carbocycles. The maximum Gasteiger partial charge on any atom is 0.344 e. The number of nitrogens with two attached hydrogens (primary N) is 1. The Labute approximate surface area is 176 Å². The lowest BCUT2D eigenvalue weighted by atomic mass is 9.82. The summed E-state index contributed by atoms with van der Waals surface area (Å²) in [6.45, 7) is 3.72. The van der Waals surface area contributed by atoms with Crippen molar-refractivity contribution in [2.75, 3.05) is 11.6 Å². The molecular weight excluding hydrogens is 410 g/mol. The zero-order chi connectivity index (χ0) is 21.5. The number of thioether (sulfide) groups is 1. The van der Waals surface area contributed by atoms with Crippen molar-refractivity contribution in [2.45, 2.75) is 56.6 Å². The van der Waals surface area contributed by atoms with Crippen LogP contribution in [0.5, 0.6) is 0 Å². The van der Waals surface area contributed by atoms with Crippen LogP contribution in [0.2, 0.25) is 0 Å². The molecule has 2 fully saturated rings. The Morgan fingerprint density at radius 2 is 2.00 bits per heavy atom. The van der Waals surface area contributed by atoms with Crippen LogP contribution in [0, 0.1) is 13.8 Å². The number of urea groups is 1. The van der Waals surface area contributed by atoms with Crippen LogP contribution in [0.3, 0.4) is 0 Å². The van der Waals surface area contributed by atoms with E-state index in [-0.39, 0.29) is 5.75 Å². The van der Waals surface area contributed by atoms with Crippen LogP contribution in [-0.4, -0.2) is 58.8 Å². The number of carbonyl (C=O) groups excluding carboxylic acids is 3. The predicted octanol–water partition coefficient (Wildman–Crippen LogP) is 0.172. The van der Waals surface area contributed by atoms with Crippen LogP contribution in [0.25, 0.3) is 5.95 Å². The molecule has 2 aliphatic rings. The average Bonchev–Trinajstić information content (AvgIpc) is 3.31. The maximum absolute atomic E-state index is 12.7. The molecule has 1 saturated carbocycles. The molecular formula is C17H23N9O3S. The first-order chi connectivity index (χ1) is 14.3. The lowest BCUT2D eigenvalue weighted by molar-refractivity contribution is -0.139. The van der Waals surface area contributed by atoms with Crippen LogP contribution in [0.15, 0.2) is 11.2 Å². The van der Waals surface area contributed by atoms with Gasteiger partial charge in [-0.15, -0.1) is 10.2 Å². The molecule has 12 nitrogen and oxygen atoms in total. The van der Waals surface area contributed by atoms with Crippen molar-refractivity contribution in [3.8, 4) is 5.95 Å². The summed E-state index contributed by atoms with van der Waals surface area (Å²) in [5.74, 6) is 5.34. The van der Waals surface area contributed by atoms with Crippen molar-refractivity contribution in [2.24, 2.45) is 0 Å². The van der Waals surface area contributed by atoms with E-state index in [1.807, 2.05) is 19.9 Å². The van der Waals surface area contributed by atoms with Crippen LogP contribution in [-0.2, 0) is 9.59 Å². The average molecular weight is 433 g/mol. The zero-order valence-electron chi connectivity index (χ0n) is 16.7. The second-order valence-electron chi connectivity index (χ2n) is 7.53. The fourth-order valence-electron chi connectivity index (χ4n) is 3.85. The molecule has 2 aromatic rings. The molecule has 4 amide bonds. The van der Waals surface area contributed by atoms with Crippen LogP contribution in [0.1, 0.15) is 43.5 Å². The van der Waals surface area contributed by atoms with Crippen LogP contribution in [0.4, 0.5) is 4.79 Å². The lowest BCUT2D eigenvalue weighted by Crippen LogP contribution is -2.51. The molecule has 3 heterocycles. The van der Waals surface area contributed by atoms with E-state index < -0.39 is 23.4 Å². The van der Waals surface area contributed by atoms with E-state index in [1.165, 1.54) is 4.68 Å². The first kappa shape index (κ1) is 20.2. The number of imide groups is 1. The van der Waals surface area contributed by atoms with Gasteiger partial charge < -0.3 is 11.2 Å². The number of nitrogen functional groups attached to an aromatic ring is 1. The predicted molar refractivity (Wildman–Crippen MR) is 107 cm³/mol. The molecule has 2 aromatic heterocycles. The smallest absolute Gasteiger partial charge is 0.334 e. The highest BCUT2D eigenvalue weighted by Crippen LogP contribution is 2.33. The number of hydrazine groups is 1. The minimum absolute atomic E-state index is 0.101. The van der Waals surface area contributed by atoms with Gasteiger partial charge in [0, 0.05) is 5.69 Å². The van der Waals surface area contributed by atoms with Gasteiger partial charge in [-0.25, -0.2) is 14.2 Å². The molecule has 0 unspecified atom stereocenters. The summed E-state index contributed by atoms with van der Waals surface area (Å²) >= 11 is 1.04. The van der Waals surface area contributed by atoms with Crippen molar-refractivity contribution in [3.63, 3.8) is 0 Å². The summed E-state index contributed by atoms with van der Waals surface area (Å²) in [4.78, 5) is 37.3. The van der Waals surface area contributed by atoms with E-state index in [2.05, 4.69) is 26.0 Å². The quantitative estimate of drug-likeness (QED) is 0.343. The zero-order valence-corrected chi connectivity index (χ0v) is 17.5. The third-order valence-corrected chi connectivity index (χ3v) is 6.23. The largest absolute Gasteiger partial charge is 0.344 e. The number of aryl methyl sites for hydroxylation is 2. The molecule has 0 bridgehead atoms. The van der Waals surface area contributed by atoms with E-state index in [0.717, 1.165) is 47.4 Å². The van der Waals surface area contributed by atoms with E-state index in [9.17, 15) is 14.4 Å². The second kappa shape index (κ2) is 7.63. The number of rotatable bonds is 5. The van der Waals surface area contributed by atoms with Gasteiger partial charge in [0.2, 0.25) is 11.1 Å². The number of nitrogens with one attached hydrogen (secondary N) is 2. The van der Waals surface area contributed by atoms with Gasteiger partial charge in [-0.3, -0.25) is 15.0 Å². The number of aromatic nitrogens is 5. The van der Waals surface area contributed by atoms with Gasteiger partial charge in [0.1, 0.15) is 5.54 Å². The molecule has 1 saturated heterocycles. The first-order valence-corrected chi connectivity index (χ1v) is 10.6. The van der Waals surface area contributed by atoms with Gasteiger partial charge in [-0.1, -0.05) is 31.0 Å². The lowest BCUT2D eigenvalue weighted by Gasteiger charge is -2.30. The molecule has 0 aromatic carbocycles. The normalized spacial score (nSPS) is 18.1. The fourth-order valence-corrected chi connectivity index (χ4v) is 4.49. The van der Waals surface area contributed by atoms with Crippen molar-refractivity contribution in [3.05, 3.63) is 17.5 Å². The highest BCUT2D eigenvalue weighted by atomic mass is 32.2. The maximum atomic E-state index is 12.7. The first-order valence-electron chi connectivity index (χ1n) is 9.64. The van der Waals surface area contributed by atoms with E-state index in [4.69, 9.17) is 5.84 Å². The van der Waals surface area contributed by atoms with Gasteiger partial charge in [0.05, 0.1) is 11.4 Å². The van der Waals surface area contributed by atoms with E-state index in [0.29, 0.717) is 23.9 Å². The summed E-state index contributed by atoms with van der Waals surface area (Å²) in [5.41, 5.74) is 3.16. The number of hydrogen-bond acceptors (Lipinski definition) is 8. The third kappa shape index (κ3) is 3.49. The molecule has 4 rings (SSSR count). The minimum atomic E-state index is -0.887. The third-order valence-electron chi connectivity index (χ3n) is 5.28. The Morgan fingerprint density at radius 3 is 2.67 bits per heavy atom. The Bertz CT molecular complexity index is 1010. The summed E-state index contributed by atoms with van der Waals surface area (Å²) in [7, 11) is 0. The highest BCUT2D eigenvalue weighted by molar-refractivity contribution is 7.99. The molecule has 4 N–H and O–H groups in total. The van der Waals surface area contributed by atoms with Gasteiger partial charge >= 0.3 is 6.03 Å². The van der Waals surface area contributed by atoms with E-state index >= 15 is 0 Å². The highest BCUT2D eigenvalue weighted by Gasteiger charge is 2.52. The topological polar surface area (TPSA) is 153 Å². The number of nitrogens with zero attached hydrogens (tertiary/aromatic N) is 6. The van der Waals surface area contributed by atoms with Gasteiger partial charge in [0.25, 0.3) is 11.9 Å². The molecule has 0 radical (unpaired) electrons. The number of carbonyl (C=O) groups is 3. The Kier molecular flexibility index (Phi) is 5.13. The molecule has 0 atom stereocenters. The van der Waals surface area contributed by atoms with Gasteiger partial charge in [-0.2, -0.15) is 10.1 Å². The number of hydrogen-bond donors (Lipinski definition) is 3. The molecule has 1 aliphatic heterocycles. The Morgan fingerprint density at radius 1 is 1.27 bits per heavy atom. The second-order valence-corrected chi connectivity index (χ2v) is 8.47. The fraction of sp³-hybridized carbons (Fsp3) is 0.529. The van der Waals surface area contributed by atoms with Crippen LogP contribution >= 0.6 is 11.8 Å². The van der Waals surface area contributed by atoms with Gasteiger partial charge in [-0.05, 0) is 32.8 Å². The van der Waals surface area contributed by atoms with Gasteiger partial charge in [0.15, 0.2) is 0 Å². The molecule has 160 valence electrons. The van der Waals surface area contributed by atoms with E-state index in [1.54, 1.807) is 4.68 Å². The summed E-state index contributed by atoms with van der Waals surface area (Å²) in [6.07, 6.45) is 3.95. The summed E-state index contributed by atoms with van der Waals surface area (Å²) < 4.78 is 2.80. The summed E-state index contributed by atoms with van der Waals surface area (Å²) in [6, 6.07) is 1.28.